The number of rotatable bonds is 3. The molecule has 2 fully saturated rings. The van der Waals surface area contributed by atoms with Crippen LogP contribution in [0.15, 0.2) is 22.6 Å². The average Bonchev–Trinajstić information content (AvgIpc) is 3.29. The second kappa shape index (κ2) is 6.29. The van der Waals surface area contributed by atoms with Crippen LogP contribution in [0.25, 0.3) is 10.2 Å². The number of carbonyl (C=O) groups is 1. The van der Waals surface area contributed by atoms with Gasteiger partial charge in [0, 0.05) is 18.6 Å². The van der Waals surface area contributed by atoms with Gasteiger partial charge in [0.2, 0.25) is 5.91 Å². The van der Waals surface area contributed by atoms with E-state index in [4.69, 9.17) is 0 Å². The summed E-state index contributed by atoms with van der Waals surface area (Å²) >= 11 is 1.45. The van der Waals surface area contributed by atoms with Crippen molar-refractivity contribution in [3.05, 3.63) is 28.1 Å². The summed E-state index contributed by atoms with van der Waals surface area (Å²) < 4.78 is 1.45. The van der Waals surface area contributed by atoms with E-state index in [1.807, 2.05) is 10.3 Å². The van der Waals surface area contributed by atoms with Crippen molar-refractivity contribution < 1.29 is 4.79 Å². The lowest BCUT2D eigenvalue weighted by Crippen LogP contribution is -2.48. The molecule has 2 saturated heterocycles. The molecular weight excluding hydrogens is 324 g/mol. The summed E-state index contributed by atoms with van der Waals surface area (Å²) in [5.41, 5.74) is -0.122. The third-order valence-corrected chi connectivity index (χ3v) is 6.22. The second-order valence-electron chi connectivity index (χ2n) is 6.80. The highest BCUT2D eigenvalue weighted by Gasteiger charge is 2.38. The molecule has 2 aromatic heterocycles. The molecule has 1 amide bonds. The summed E-state index contributed by atoms with van der Waals surface area (Å²) in [4.78, 5) is 34.7. The smallest absolute Gasteiger partial charge is 0.262 e. The van der Waals surface area contributed by atoms with Crippen LogP contribution in [-0.2, 0) is 11.3 Å². The molecule has 4 rings (SSSR count). The van der Waals surface area contributed by atoms with Gasteiger partial charge in [-0.3, -0.25) is 14.2 Å². The molecule has 0 aromatic carbocycles. The quantitative estimate of drug-likeness (QED) is 0.846. The summed E-state index contributed by atoms with van der Waals surface area (Å²) in [7, 11) is 2.15. The number of hydrogen-bond donors (Lipinski definition) is 0. The molecule has 2 aliphatic rings. The molecule has 0 radical (unpaired) electrons. The molecule has 0 saturated carbocycles. The fourth-order valence-corrected chi connectivity index (χ4v) is 4.89. The first-order chi connectivity index (χ1) is 11.6. The van der Waals surface area contributed by atoms with E-state index in [1.165, 1.54) is 28.7 Å². The van der Waals surface area contributed by atoms with E-state index in [-0.39, 0.29) is 18.0 Å². The Morgan fingerprint density at radius 1 is 1.29 bits per heavy atom. The number of fused-ring (bicyclic) bond motifs is 1. The Morgan fingerprint density at radius 2 is 2.08 bits per heavy atom. The molecule has 0 aliphatic carbocycles. The zero-order valence-corrected chi connectivity index (χ0v) is 14.7. The largest absolute Gasteiger partial charge is 0.337 e. The third-order valence-electron chi connectivity index (χ3n) is 5.40. The summed E-state index contributed by atoms with van der Waals surface area (Å²) in [6.07, 6.45) is 5.99. The molecule has 2 atom stereocenters. The summed E-state index contributed by atoms with van der Waals surface area (Å²) in [6, 6.07) is 2.53. The van der Waals surface area contributed by atoms with Gasteiger partial charge >= 0.3 is 0 Å². The SMILES string of the molecule is CN1CCC[C@@H]1[C@H]1CCCN1C(=O)Cn1cnc2sccc2c1=O. The zero-order valence-electron chi connectivity index (χ0n) is 13.9. The van der Waals surface area contributed by atoms with Gasteiger partial charge in [0.1, 0.15) is 11.4 Å². The van der Waals surface area contributed by atoms with Crippen LogP contribution in [0.4, 0.5) is 0 Å². The highest BCUT2D eigenvalue weighted by Crippen LogP contribution is 2.29. The number of likely N-dealkylation sites (N-methyl/N-ethyl adjacent to an activating group) is 1. The number of thiophene rings is 1. The van der Waals surface area contributed by atoms with Crippen LogP contribution in [0.1, 0.15) is 25.7 Å². The molecule has 2 aliphatic heterocycles. The highest BCUT2D eigenvalue weighted by molar-refractivity contribution is 7.16. The summed E-state index contributed by atoms with van der Waals surface area (Å²) in [5, 5.41) is 2.46. The first kappa shape index (κ1) is 15.8. The van der Waals surface area contributed by atoms with E-state index < -0.39 is 0 Å². The zero-order chi connectivity index (χ0) is 16.7. The standard InChI is InChI=1S/C17H22N4O2S/c1-19-7-2-4-13(19)14-5-3-8-21(14)15(22)10-20-11-18-16-12(17(20)23)6-9-24-16/h6,9,11,13-14H,2-5,7-8,10H2,1H3/t13-,14-/m1/s1. The lowest BCUT2D eigenvalue weighted by Gasteiger charge is -2.33. The Kier molecular flexibility index (Phi) is 4.14. The maximum absolute atomic E-state index is 12.8. The third kappa shape index (κ3) is 2.65. The maximum Gasteiger partial charge on any atom is 0.262 e. The fraction of sp³-hybridized carbons (Fsp3) is 0.588. The van der Waals surface area contributed by atoms with Crippen molar-refractivity contribution in [2.75, 3.05) is 20.1 Å². The topological polar surface area (TPSA) is 58.4 Å². The predicted molar refractivity (Wildman–Crippen MR) is 94.3 cm³/mol. The van der Waals surface area contributed by atoms with E-state index in [9.17, 15) is 9.59 Å². The van der Waals surface area contributed by atoms with Crippen molar-refractivity contribution in [1.29, 1.82) is 0 Å². The van der Waals surface area contributed by atoms with Crippen molar-refractivity contribution in [1.82, 2.24) is 19.4 Å². The van der Waals surface area contributed by atoms with Gasteiger partial charge in [-0.15, -0.1) is 11.3 Å². The van der Waals surface area contributed by atoms with Crippen LogP contribution < -0.4 is 5.56 Å². The molecule has 0 N–H and O–H groups in total. The van der Waals surface area contributed by atoms with Crippen molar-refractivity contribution in [2.45, 2.75) is 44.3 Å². The van der Waals surface area contributed by atoms with E-state index in [0.717, 1.165) is 37.2 Å². The van der Waals surface area contributed by atoms with Crippen molar-refractivity contribution >= 4 is 27.5 Å². The molecular formula is C17H22N4O2S. The van der Waals surface area contributed by atoms with Crippen LogP contribution in [0.5, 0.6) is 0 Å². The first-order valence-corrected chi connectivity index (χ1v) is 9.45. The summed E-state index contributed by atoms with van der Waals surface area (Å²) in [5.74, 6) is 0.0382. The number of hydrogen-bond acceptors (Lipinski definition) is 5. The number of carbonyl (C=O) groups excluding carboxylic acids is 1. The fourth-order valence-electron chi connectivity index (χ4n) is 4.17. The molecule has 0 bridgehead atoms. The average molecular weight is 346 g/mol. The first-order valence-electron chi connectivity index (χ1n) is 8.57. The summed E-state index contributed by atoms with van der Waals surface area (Å²) in [6.45, 7) is 2.00. The number of amides is 1. The molecule has 6 nitrogen and oxygen atoms in total. The van der Waals surface area contributed by atoms with E-state index in [0.29, 0.717) is 17.5 Å². The normalized spacial score (nSPS) is 25.0. The van der Waals surface area contributed by atoms with Gasteiger partial charge in [-0.2, -0.15) is 0 Å². The monoisotopic (exact) mass is 346 g/mol. The minimum atomic E-state index is -0.122. The van der Waals surface area contributed by atoms with Gasteiger partial charge in [-0.25, -0.2) is 4.98 Å². The molecule has 7 heteroatoms. The van der Waals surface area contributed by atoms with E-state index >= 15 is 0 Å². The van der Waals surface area contributed by atoms with Crippen LogP contribution in [0.2, 0.25) is 0 Å². The van der Waals surface area contributed by atoms with Gasteiger partial charge < -0.3 is 9.80 Å². The van der Waals surface area contributed by atoms with Gasteiger partial charge in [-0.05, 0) is 50.7 Å². The molecule has 0 unspecified atom stereocenters. The van der Waals surface area contributed by atoms with Crippen LogP contribution in [0.3, 0.4) is 0 Å². The minimum Gasteiger partial charge on any atom is -0.337 e. The molecule has 4 heterocycles. The van der Waals surface area contributed by atoms with Crippen LogP contribution in [0, 0.1) is 0 Å². The van der Waals surface area contributed by atoms with Gasteiger partial charge in [0.05, 0.1) is 11.7 Å². The minimum absolute atomic E-state index is 0.0382. The van der Waals surface area contributed by atoms with Gasteiger partial charge in [0.25, 0.3) is 5.56 Å². The van der Waals surface area contributed by atoms with Crippen molar-refractivity contribution in [3.8, 4) is 0 Å². The molecule has 2 aromatic rings. The molecule has 0 spiro atoms. The van der Waals surface area contributed by atoms with Crippen molar-refractivity contribution in [2.24, 2.45) is 0 Å². The van der Waals surface area contributed by atoms with Crippen LogP contribution in [-0.4, -0.2) is 57.5 Å². The van der Waals surface area contributed by atoms with Gasteiger partial charge in [-0.1, -0.05) is 0 Å². The Labute approximate surface area is 144 Å². The maximum atomic E-state index is 12.8. The Bertz CT molecular complexity index is 814. The van der Waals surface area contributed by atoms with Gasteiger partial charge in [0.15, 0.2) is 0 Å². The second-order valence-corrected chi connectivity index (χ2v) is 7.70. The Balaban J connectivity index is 1.54. The number of aromatic nitrogens is 2. The van der Waals surface area contributed by atoms with E-state index in [1.54, 1.807) is 6.07 Å². The lowest BCUT2D eigenvalue weighted by atomic mass is 10.0. The van der Waals surface area contributed by atoms with Crippen LogP contribution >= 0.6 is 11.3 Å². The van der Waals surface area contributed by atoms with Crippen molar-refractivity contribution in [3.63, 3.8) is 0 Å². The van der Waals surface area contributed by atoms with E-state index in [2.05, 4.69) is 16.9 Å². The Hall–Kier alpha value is -1.73. The molecule has 128 valence electrons. The predicted octanol–water partition coefficient (Wildman–Crippen LogP) is 1.54. The Morgan fingerprint density at radius 3 is 2.88 bits per heavy atom. The lowest BCUT2D eigenvalue weighted by molar-refractivity contribution is -0.133. The number of nitrogens with zero attached hydrogens (tertiary/aromatic N) is 4. The molecule has 24 heavy (non-hydrogen) atoms. The number of likely N-dealkylation sites (tertiary alicyclic amines) is 2. The highest BCUT2D eigenvalue weighted by atomic mass is 32.1.